The number of ether oxygens (including phenoxy) is 1. The van der Waals surface area contributed by atoms with Gasteiger partial charge >= 0.3 is 8.80 Å². The van der Waals surface area contributed by atoms with Crippen LogP contribution in [0.1, 0.15) is 103 Å². The number of benzene rings is 1. The molecule has 1 aromatic carbocycles. The molecule has 0 radical (unpaired) electrons. The van der Waals surface area contributed by atoms with E-state index in [-0.39, 0.29) is 6.04 Å². The first-order valence-corrected chi connectivity index (χ1v) is 15.0. The van der Waals surface area contributed by atoms with Crippen LogP contribution in [0.4, 0.5) is 0 Å². The molecule has 196 valence electrons. The van der Waals surface area contributed by atoms with Gasteiger partial charge in [-0.25, -0.2) is 0 Å². The quantitative estimate of drug-likeness (QED) is 0.215. The number of rotatable bonds is 14. The molecule has 0 amide bonds. The zero-order chi connectivity index (χ0) is 25.7. The highest BCUT2D eigenvalue weighted by Gasteiger charge is 2.51. The van der Waals surface area contributed by atoms with Crippen molar-refractivity contribution in [3.05, 3.63) is 29.8 Å². The van der Waals surface area contributed by atoms with Crippen molar-refractivity contribution in [3.8, 4) is 5.75 Å². The van der Waals surface area contributed by atoms with Gasteiger partial charge in [-0.05, 0) is 68.1 Å². The van der Waals surface area contributed by atoms with Crippen LogP contribution in [0, 0.1) is 5.92 Å². The molecule has 1 aliphatic carbocycles. The van der Waals surface area contributed by atoms with Crippen molar-refractivity contribution < 1.29 is 32.4 Å². The van der Waals surface area contributed by atoms with Crippen molar-refractivity contribution in [2.75, 3.05) is 6.61 Å². The van der Waals surface area contributed by atoms with Crippen molar-refractivity contribution >= 4 is 26.7 Å². The van der Waals surface area contributed by atoms with Crippen LogP contribution in [0.15, 0.2) is 24.3 Å². The first-order valence-electron chi connectivity index (χ1n) is 13.0. The average molecular weight is 507 g/mol. The smallest absolute Gasteiger partial charge is 0.494 e. The van der Waals surface area contributed by atoms with Crippen molar-refractivity contribution in [1.29, 1.82) is 0 Å². The van der Waals surface area contributed by atoms with Gasteiger partial charge in [0.1, 0.15) is 5.75 Å². The Labute approximate surface area is 211 Å². The number of hydrogen-bond acceptors (Lipinski definition) is 7. The zero-order valence-electron chi connectivity index (χ0n) is 21.8. The predicted octanol–water partition coefficient (Wildman–Crippen LogP) is 6.33. The van der Waals surface area contributed by atoms with E-state index in [1.54, 1.807) is 0 Å². The minimum Gasteiger partial charge on any atom is -0.494 e. The zero-order valence-corrected chi connectivity index (χ0v) is 22.8. The lowest BCUT2D eigenvalue weighted by Crippen LogP contribution is -2.49. The molecule has 8 heteroatoms. The summed E-state index contributed by atoms with van der Waals surface area (Å²) in [7, 11) is -3.71. The summed E-state index contributed by atoms with van der Waals surface area (Å²) in [6, 6.07) is 8.79. The summed E-state index contributed by atoms with van der Waals surface area (Å²) in [5, 5.41) is 0. The highest BCUT2D eigenvalue weighted by molar-refractivity contribution is 6.65. The highest BCUT2D eigenvalue weighted by Crippen LogP contribution is 2.37. The maximum absolute atomic E-state index is 11.5. The van der Waals surface area contributed by atoms with E-state index < -0.39 is 26.7 Å². The molecule has 35 heavy (non-hydrogen) atoms. The Bertz CT molecular complexity index is 759. The molecule has 0 bridgehead atoms. The van der Waals surface area contributed by atoms with Crippen LogP contribution in [0.2, 0.25) is 6.04 Å². The number of carbonyl (C=O) groups is 3. The SMILES string of the molecule is CCC[C@H]1CC[C@H](c2ccc(OCCCCCC[Si](OC(C)=O)(OC(C)=O)OC(C)=O)cc2)CC1. The van der Waals surface area contributed by atoms with Crippen LogP contribution in [0.5, 0.6) is 5.75 Å². The summed E-state index contributed by atoms with van der Waals surface area (Å²) in [5.74, 6) is 0.578. The molecule has 1 aliphatic rings. The van der Waals surface area contributed by atoms with E-state index in [1.165, 1.54) is 64.9 Å². The van der Waals surface area contributed by atoms with E-state index in [2.05, 4.69) is 31.2 Å². The molecule has 0 spiro atoms. The Morgan fingerprint density at radius 1 is 0.800 bits per heavy atom. The molecule has 7 nitrogen and oxygen atoms in total. The maximum Gasteiger partial charge on any atom is 0.705 e. The van der Waals surface area contributed by atoms with E-state index >= 15 is 0 Å². The Hall–Kier alpha value is -2.35. The molecule has 1 fully saturated rings. The van der Waals surface area contributed by atoms with E-state index in [4.69, 9.17) is 18.0 Å². The Morgan fingerprint density at radius 3 is 1.86 bits per heavy atom. The fourth-order valence-corrected chi connectivity index (χ4v) is 7.32. The van der Waals surface area contributed by atoms with Gasteiger partial charge < -0.3 is 18.0 Å². The number of carbonyl (C=O) groups excluding carboxylic acids is 3. The van der Waals surface area contributed by atoms with Crippen molar-refractivity contribution in [3.63, 3.8) is 0 Å². The van der Waals surface area contributed by atoms with Gasteiger partial charge in [0.25, 0.3) is 17.9 Å². The van der Waals surface area contributed by atoms with Crippen molar-refractivity contribution in [2.45, 2.75) is 104 Å². The third kappa shape index (κ3) is 10.8. The summed E-state index contributed by atoms with van der Waals surface area (Å²) in [4.78, 5) is 34.5. The van der Waals surface area contributed by atoms with Crippen LogP contribution in [0.3, 0.4) is 0 Å². The van der Waals surface area contributed by atoms with Gasteiger partial charge in [0.05, 0.1) is 12.7 Å². The average Bonchev–Trinajstić information content (AvgIpc) is 2.78. The number of hydrogen-bond donors (Lipinski definition) is 0. The molecule has 1 saturated carbocycles. The normalized spacial score (nSPS) is 17.9. The van der Waals surface area contributed by atoms with Crippen LogP contribution >= 0.6 is 0 Å². The van der Waals surface area contributed by atoms with Gasteiger partial charge in [0.2, 0.25) is 0 Å². The first kappa shape index (κ1) is 28.9. The van der Waals surface area contributed by atoms with Crippen molar-refractivity contribution in [1.82, 2.24) is 0 Å². The maximum atomic E-state index is 11.5. The largest absolute Gasteiger partial charge is 0.705 e. The highest BCUT2D eigenvalue weighted by atomic mass is 28.4. The molecular weight excluding hydrogens is 464 g/mol. The molecule has 2 rings (SSSR count). The third-order valence-corrected chi connectivity index (χ3v) is 9.20. The standard InChI is InChI=1S/C27H42O7Si/c1-5-10-24-11-13-25(14-12-24)26-15-17-27(18-16-26)31-19-8-6-7-9-20-35(32-21(2)28,33-22(3)29)34-23(4)30/h15-18,24-25H,5-14,19-20H2,1-4H3/t24-,25-. The van der Waals surface area contributed by atoms with E-state index in [1.807, 2.05) is 0 Å². The molecule has 0 aliphatic heterocycles. The third-order valence-electron chi connectivity index (χ3n) is 6.44. The second kappa shape index (κ2) is 14.9. The van der Waals surface area contributed by atoms with Crippen LogP contribution in [-0.2, 0) is 27.7 Å². The topological polar surface area (TPSA) is 88.1 Å². The van der Waals surface area contributed by atoms with Gasteiger partial charge in [-0.2, -0.15) is 0 Å². The molecule has 0 aromatic heterocycles. The second-order valence-electron chi connectivity index (χ2n) is 9.55. The molecule has 0 unspecified atom stereocenters. The number of unbranched alkanes of at least 4 members (excludes halogenated alkanes) is 3. The molecule has 0 heterocycles. The van der Waals surface area contributed by atoms with E-state index in [9.17, 15) is 14.4 Å². The van der Waals surface area contributed by atoms with Gasteiger partial charge in [-0.15, -0.1) is 0 Å². The fourth-order valence-electron chi connectivity index (χ4n) is 4.89. The molecule has 0 N–H and O–H groups in total. The summed E-state index contributed by atoms with van der Waals surface area (Å²) in [6.07, 6.45) is 11.1. The summed E-state index contributed by atoms with van der Waals surface area (Å²) < 4.78 is 21.5. The molecule has 1 aromatic rings. The van der Waals surface area contributed by atoms with Gasteiger partial charge in [0.15, 0.2) is 0 Å². The first-order chi connectivity index (χ1) is 16.7. The summed E-state index contributed by atoms with van der Waals surface area (Å²) >= 11 is 0. The molecule has 0 atom stereocenters. The van der Waals surface area contributed by atoms with Gasteiger partial charge in [-0.3, -0.25) is 14.4 Å². The lowest BCUT2D eigenvalue weighted by molar-refractivity contribution is -0.147. The lowest BCUT2D eigenvalue weighted by Gasteiger charge is -2.28. The lowest BCUT2D eigenvalue weighted by atomic mass is 9.77. The van der Waals surface area contributed by atoms with Crippen molar-refractivity contribution in [2.24, 2.45) is 5.92 Å². The second-order valence-corrected chi connectivity index (χ2v) is 12.0. The fraction of sp³-hybridized carbons (Fsp3) is 0.667. The monoisotopic (exact) mass is 506 g/mol. The summed E-state index contributed by atoms with van der Waals surface area (Å²) in [5.41, 5.74) is 1.42. The van der Waals surface area contributed by atoms with Crippen LogP contribution in [0.25, 0.3) is 0 Å². The molecule has 0 saturated heterocycles. The van der Waals surface area contributed by atoms with Gasteiger partial charge in [-0.1, -0.05) is 44.7 Å². The van der Waals surface area contributed by atoms with E-state index in [0.29, 0.717) is 18.9 Å². The summed E-state index contributed by atoms with van der Waals surface area (Å²) in [6.45, 7) is 6.51. The Kier molecular flexibility index (Phi) is 12.3. The van der Waals surface area contributed by atoms with Crippen LogP contribution < -0.4 is 4.74 Å². The predicted molar refractivity (Wildman–Crippen MR) is 136 cm³/mol. The van der Waals surface area contributed by atoms with Gasteiger partial charge in [0, 0.05) is 20.8 Å². The Balaban J connectivity index is 1.69. The van der Waals surface area contributed by atoms with Crippen LogP contribution in [-0.4, -0.2) is 33.3 Å². The van der Waals surface area contributed by atoms with E-state index in [0.717, 1.165) is 30.9 Å². The molecular formula is C27H42O7Si. The Morgan fingerprint density at radius 2 is 1.34 bits per heavy atom. The minimum absolute atomic E-state index is 0.217. The minimum atomic E-state index is -3.71.